The number of aryl methyl sites for hydroxylation is 2. The van der Waals surface area contributed by atoms with Gasteiger partial charge in [0.2, 0.25) is 0 Å². The van der Waals surface area contributed by atoms with Gasteiger partial charge in [0, 0.05) is 13.1 Å². The Morgan fingerprint density at radius 2 is 2.41 bits per heavy atom. The van der Waals surface area contributed by atoms with Crippen LogP contribution in [0, 0.1) is 13.8 Å². The van der Waals surface area contributed by atoms with Gasteiger partial charge < -0.3 is 20.2 Å². The molecule has 0 radical (unpaired) electrons. The highest BCUT2D eigenvalue weighted by Crippen LogP contribution is 2.15. The third-order valence-electron chi connectivity index (χ3n) is 3.08. The summed E-state index contributed by atoms with van der Waals surface area (Å²) in [5, 5.41) is 15.9. The Labute approximate surface area is 100 Å². The standard InChI is InChI=1S/C12H18N2O3/c1-8-5-10(9(2)17-8)11(15)14-7-12(16)3-4-13-6-12/h5,13,16H,3-4,6-7H2,1-2H3,(H,14,15). The van der Waals surface area contributed by atoms with E-state index in [1.54, 1.807) is 19.9 Å². The van der Waals surface area contributed by atoms with Crippen LogP contribution in [0.5, 0.6) is 0 Å². The maximum Gasteiger partial charge on any atom is 0.254 e. The second-order valence-corrected chi connectivity index (χ2v) is 4.66. The minimum Gasteiger partial charge on any atom is -0.466 e. The second kappa shape index (κ2) is 4.50. The lowest BCUT2D eigenvalue weighted by molar-refractivity contribution is 0.0561. The number of β-amino-alcohol motifs (C(OH)–C–C–N with tert-alkyl or cyclic N) is 1. The van der Waals surface area contributed by atoms with E-state index in [1.807, 2.05) is 0 Å². The first kappa shape index (κ1) is 12.1. The molecule has 1 amide bonds. The lowest BCUT2D eigenvalue weighted by Gasteiger charge is -2.21. The van der Waals surface area contributed by atoms with E-state index in [0.717, 1.165) is 6.54 Å². The Hall–Kier alpha value is -1.33. The summed E-state index contributed by atoms with van der Waals surface area (Å²) in [5.41, 5.74) is -0.278. The maximum atomic E-state index is 11.9. The van der Waals surface area contributed by atoms with Crippen molar-refractivity contribution < 1.29 is 14.3 Å². The Morgan fingerprint density at radius 1 is 1.65 bits per heavy atom. The van der Waals surface area contributed by atoms with E-state index in [1.165, 1.54) is 0 Å². The molecule has 0 aromatic carbocycles. The van der Waals surface area contributed by atoms with Crippen LogP contribution in [-0.2, 0) is 0 Å². The molecule has 0 saturated carbocycles. The van der Waals surface area contributed by atoms with Crippen LogP contribution in [0.4, 0.5) is 0 Å². The van der Waals surface area contributed by atoms with Gasteiger partial charge in [-0.1, -0.05) is 0 Å². The van der Waals surface area contributed by atoms with Crippen molar-refractivity contribution >= 4 is 5.91 Å². The second-order valence-electron chi connectivity index (χ2n) is 4.66. The van der Waals surface area contributed by atoms with Crippen LogP contribution >= 0.6 is 0 Å². The summed E-state index contributed by atoms with van der Waals surface area (Å²) in [6, 6.07) is 1.71. The first-order valence-electron chi connectivity index (χ1n) is 5.78. The van der Waals surface area contributed by atoms with Gasteiger partial charge in [-0.2, -0.15) is 0 Å². The average molecular weight is 238 g/mol. The number of amides is 1. The Morgan fingerprint density at radius 3 is 2.94 bits per heavy atom. The molecule has 5 nitrogen and oxygen atoms in total. The van der Waals surface area contributed by atoms with Crippen LogP contribution in [0.25, 0.3) is 0 Å². The van der Waals surface area contributed by atoms with Crippen molar-refractivity contribution in [1.29, 1.82) is 0 Å². The Bertz CT molecular complexity index is 419. The Balaban J connectivity index is 1.95. The van der Waals surface area contributed by atoms with Crippen LogP contribution in [0.15, 0.2) is 10.5 Å². The summed E-state index contributed by atoms with van der Waals surface area (Å²) in [4.78, 5) is 11.9. The number of furan rings is 1. The van der Waals surface area contributed by atoms with Crippen molar-refractivity contribution in [1.82, 2.24) is 10.6 Å². The fourth-order valence-electron chi connectivity index (χ4n) is 2.08. The number of nitrogens with one attached hydrogen (secondary N) is 2. The molecular weight excluding hydrogens is 220 g/mol. The molecule has 1 aromatic rings. The zero-order valence-electron chi connectivity index (χ0n) is 10.2. The lowest BCUT2D eigenvalue weighted by Crippen LogP contribution is -2.44. The first-order valence-corrected chi connectivity index (χ1v) is 5.78. The fraction of sp³-hybridized carbons (Fsp3) is 0.583. The normalized spacial score (nSPS) is 23.9. The molecule has 2 rings (SSSR count). The molecular formula is C12H18N2O3. The number of hydrogen-bond donors (Lipinski definition) is 3. The number of carbonyl (C=O) groups is 1. The highest BCUT2D eigenvalue weighted by atomic mass is 16.3. The molecule has 1 aliphatic heterocycles. The monoisotopic (exact) mass is 238 g/mol. The molecule has 1 saturated heterocycles. The molecule has 1 aliphatic rings. The van der Waals surface area contributed by atoms with Crippen LogP contribution in [-0.4, -0.2) is 36.2 Å². The van der Waals surface area contributed by atoms with Gasteiger partial charge in [0.05, 0.1) is 11.2 Å². The van der Waals surface area contributed by atoms with E-state index >= 15 is 0 Å². The van der Waals surface area contributed by atoms with E-state index in [9.17, 15) is 9.90 Å². The smallest absolute Gasteiger partial charge is 0.254 e. The predicted octanol–water partition coefficient (Wildman–Crippen LogP) is 0.351. The lowest BCUT2D eigenvalue weighted by atomic mass is 10.0. The van der Waals surface area contributed by atoms with Crippen LogP contribution in [0.1, 0.15) is 28.3 Å². The van der Waals surface area contributed by atoms with Gasteiger partial charge >= 0.3 is 0 Å². The third kappa shape index (κ3) is 2.68. The van der Waals surface area contributed by atoms with E-state index in [2.05, 4.69) is 10.6 Å². The minimum atomic E-state index is -0.817. The Kier molecular flexibility index (Phi) is 3.22. The molecule has 1 fully saturated rings. The van der Waals surface area contributed by atoms with E-state index < -0.39 is 5.60 Å². The summed E-state index contributed by atoms with van der Waals surface area (Å²) in [7, 11) is 0. The summed E-state index contributed by atoms with van der Waals surface area (Å²) in [6.45, 7) is 5.14. The van der Waals surface area contributed by atoms with Gasteiger partial charge in [-0.25, -0.2) is 0 Å². The summed E-state index contributed by atoms with van der Waals surface area (Å²) in [6.07, 6.45) is 0.663. The topological polar surface area (TPSA) is 74.5 Å². The van der Waals surface area contributed by atoms with Crippen LogP contribution in [0.2, 0.25) is 0 Å². The van der Waals surface area contributed by atoms with Gasteiger partial charge in [0.15, 0.2) is 0 Å². The van der Waals surface area contributed by atoms with Gasteiger partial charge in [-0.15, -0.1) is 0 Å². The third-order valence-corrected chi connectivity index (χ3v) is 3.08. The van der Waals surface area contributed by atoms with Crippen molar-refractivity contribution in [2.24, 2.45) is 0 Å². The van der Waals surface area contributed by atoms with Crippen LogP contribution in [0.3, 0.4) is 0 Å². The number of rotatable bonds is 3. The van der Waals surface area contributed by atoms with E-state index in [4.69, 9.17) is 4.42 Å². The molecule has 1 atom stereocenters. The number of carbonyl (C=O) groups excluding carboxylic acids is 1. The molecule has 1 unspecified atom stereocenters. The molecule has 0 bridgehead atoms. The van der Waals surface area contributed by atoms with Crippen molar-refractivity contribution in [2.75, 3.05) is 19.6 Å². The van der Waals surface area contributed by atoms with Gasteiger partial charge in [-0.3, -0.25) is 4.79 Å². The molecule has 5 heteroatoms. The zero-order valence-corrected chi connectivity index (χ0v) is 10.2. The summed E-state index contributed by atoms with van der Waals surface area (Å²) < 4.78 is 5.30. The average Bonchev–Trinajstić information content (AvgIpc) is 2.83. The highest BCUT2D eigenvalue weighted by molar-refractivity contribution is 5.95. The van der Waals surface area contributed by atoms with Crippen LogP contribution < -0.4 is 10.6 Å². The molecule has 0 aliphatic carbocycles. The largest absolute Gasteiger partial charge is 0.466 e. The highest BCUT2D eigenvalue weighted by Gasteiger charge is 2.31. The molecule has 1 aromatic heterocycles. The van der Waals surface area contributed by atoms with E-state index in [0.29, 0.717) is 30.0 Å². The van der Waals surface area contributed by atoms with Gasteiger partial charge in [0.1, 0.15) is 11.5 Å². The molecule has 94 valence electrons. The molecule has 3 N–H and O–H groups in total. The van der Waals surface area contributed by atoms with Gasteiger partial charge in [0.25, 0.3) is 5.91 Å². The summed E-state index contributed by atoms with van der Waals surface area (Å²) in [5.74, 6) is 1.13. The van der Waals surface area contributed by atoms with E-state index in [-0.39, 0.29) is 12.5 Å². The van der Waals surface area contributed by atoms with Crippen molar-refractivity contribution in [2.45, 2.75) is 25.9 Å². The minimum absolute atomic E-state index is 0.195. The summed E-state index contributed by atoms with van der Waals surface area (Å²) >= 11 is 0. The molecule has 17 heavy (non-hydrogen) atoms. The van der Waals surface area contributed by atoms with Crippen molar-refractivity contribution in [3.05, 3.63) is 23.2 Å². The van der Waals surface area contributed by atoms with Gasteiger partial charge in [-0.05, 0) is 32.9 Å². The van der Waals surface area contributed by atoms with Crippen molar-refractivity contribution in [3.63, 3.8) is 0 Å². The molecule has 2 heterocycles. The first-order chi connectivity index (χ1) is 8.00. The quantitative estimate of drug-likeness (QED) is 0.710. The maximum absolute atomic E-state index is 11.9. The predicted molar refractivity (Wildman–Crippen MR) is 63.0 cm³/mol. The zero-order chi connectivity index (χ0) is 12.5. The van der Waals surface area contributed by atoms with Crippen molar-refractivity contribution in [3.8, 4) is 0 Å². The fourth-order valence-corrected chi connectivity index (χ4v) is 2.08. The number of aliphatic hydroxyl groups is 1. The number of hydrogen-bond acceptors (Lipinski definition) is 4. The SMILES string of the molecule is Cc1cc(C(=O)NCC2(O)CCNC2)c(C)o1. The molecule has 0 spiro atoms.